The largest absolute Gasteiger partial charge is 0.338 e. The molecule has 0 unspecified atom stereocenters. The highest BCUT2D eigenvalue weighted by Crippen LogP contribution is 2.25. The van der Waals surface area contributed by atoms with Crippen LogP contribution in [-0.2, 0) is 17.1 Å². The van der Waals surface area contributed by atoms with Crippen LogP contribution in [0.15, 0.2) is 47.4 Å². The van der Waals surface area contributed by atoms with Gasteiger partial charge in [-0.1, -0.05) is 6.07 Å². The lowest BCUT2D eigenvalue weighted by atomic mass is 10.2. The first kappa shape index (κ1) is 18.2. The van der Waals surface area contributed by atoms with Crippen molar-refractivity contribution in [3.63, 3.8) is 0 Å². The van der Waals surface area contributed by atoms with Gasteiger partial charge in [-0.3, -0.25) is 9.40 Å². The Balaban J connectivity index is 1.62. The van der Waals surface area contributed by atoms with E-state index in [0.29, 0.717) is 17.1 Å². The van der Waals surface area contributed by atoms with Gasteiger partial charge >= 0.3 is 0 Å². The molecule has 0 aliphatic rings. The van der Waals surface area contributed by atoms with Crippen molar-refractivity contribution in [1.82, 2.24) is 19.7 Å². The van der Waals surface area contributed by atoms with Crippen molar-refractivity contribution in [2.45, 2.75) is 25.7 Å². The van der Waals surface area contributed by atoms with Crippen LogP contribution < -0.4 is 4.72 Å². The first-order chi connectivity index (χ1) is 13.2. The second-order valence-electron chi connectivity index (χ2n) is 6.91. The number of hydrogen-bond donors (Lipinski definition) is 2. The molecule has 2 heterocycles. The maximum atomic E-state index is 12.8. The van der Waals surface area contributed by atoms with Crippen LogP contribution in [0.5, 0.6) is 0 Å². The number of imidazole rings is 1. The molecule has 7 nitrogen and oxygen atoms in total. The molecular weight excluding hydrogens is 374 g/mol. The molecule has 0 amide bonds. The number of hydrogen-bond acceptors (Lipinski definition) is 4. The highest BCUT2D eigenvalue weighted by molar-refractivity contribution is 7.92. The molecule has 0 fully saturated rings. The van der Waals surface area contributed by atoms with Crippen LogP contribution in [0.1, 0.15) is 17.0 Å². The number of nitrogens with one attached hydrogen (secondary N) is 2. The fourth-order valence-corrected chi connectivity index (χ4v) is 4.80. The van der Waals surface area contributed by atoms with Gasteiger partial charge in [0.1, 0.15) is 10.7 Å². The molecule has 2 aromatic carbocycles. The van der Waals surface area contributed by atoms with Gasteiger partial charge < -0.3 is 4.98 Å². The summed E-state index contributed by atoms with van der Waals surface area (Å²) < 4.78 is 29.8. The monoisotopic (exact) mass is 395 g/mol. The maximum absolute atomic E-state index is 12.8. The molecule has 0 aliphatic carbocycles. The van der Waals surface area contributed by atoms with E-state index in [1.165, 1.54) is 0 Å². The van der Waals surface area contributed by atoms with E-state index >= 15 is 0 Å². The fraction of sp³-hybridized carbons (Fsp3) is 0.200. The van der Waals surface area contributed by atoms with Crippen LogP contribution in [0, 0.1) is 20.8 Å². The molecular formula is C20H21N5O2S. The van der Waals surface area contributed by atoms with E-state index in [-0.39, 0.29) is 4.90 Å². The van der Waals surface area contributed by atoms with Crippen molar-refractivity contribution in [2.75, 3.05) is 4.72 Å². The smallest absolute Gasteiger partial charge is 0.265 e. The number of fused-ring (bicyclic) bond motifs is 1. The second-order valence-corrected chi connectivity index (χ2v) is 8.53. The Morgan fingerprint density at radius 1 is 1.04 bits per heavy atom. The zero-order valence-corrected chi connectivity index (χ0v) is 16.9. The highest BCUT2D eigenvalue weighted by atomic mass is 32.2. The zero-order valence-electron chi connectivity index (χ0n) is 16.1. The predicted molar refractivity (Wildman–Crippen MR) is 110 cm³/mol. The topological polar surface area (TPSA) is 92.7 Å². The Morgan fingerprint density at radius 2 is 1.75 bits per heavy atom. The Hall–Kier alpha value is -3.13. The molecule has 2 aromatic heterocycles. The Labute approximate surface area is 163 Å². The van der Waals surface area contributed by atoms with E-state index in [2.05, 4.69) is 19.8 Å². The van der Waals surface area contributed by atoms with Crippen LogP contribution in [0.4, 0.5) is 5.69 Å². The summed E-state index contributed by atoms with van der Waals surface area (Å²) in [6, 6.07) is 13.2. The van der Waals surface area contributed by atoms with E-state index < -0.39 is 10.0 Å². The third-order valence-corrected chi connectivity index (χ3v) is 6.39. The number of benzene rings is 2. The van der Waals surface area contributed by atoms with Crippen LogP contribution in [0.25, 0.3) is 22.4 Å². The molecule has 0 aliphatic heterocycles. The minimum atomic E-state index is -3.71. The van der Waals surface area contributed by atoms with Crippen LogP contribution in [0.3, 0.4) is 0 Å². The summed E-state index contributed by atoms with van der Waals surface area (Å²) in [6.45, 7) is 5.46. The SMILES string of the molecule is Cc1ccc2nc(-c3ccc(NS(=O)(=O)c4c(C)nn(C)c4C)cc3)[nH]c2c1. The Bertz CT molecular complexity index is 1280. The Morgan fingerprint density at radius 3 is 2.39 bits per heavy atom. The van der Waals surface area contributed by atoms with E-state index in [1.54, 1.807) is 37.7 Å². The van der Waals surface area contributed by atoms with Gasteiger partial charge in [0.05, 0.1) is 22.4 Å². The number of aromatic amines is 1. The van der Waals surface area contributed by atoms with Gasteiger partial charge in [0.2, 0.25) is 0 Å². The molecule has 0 bridgehead atoms. The third kappa shape index (κ3) is 3.16. The molecule has 0 spiro atoms. The van der Waals surface area contributed by atoms with E-state index in [0.717, 1.165) is 28.0 Å². The van der Waals surface area contributed by atoms with Gasteiger partial charge in [0.25, 0.3) is 10.0 Å². The summed E-state index contributed by atoms with van der Waals surface area (Å²) >= 11 is 0. The summed E-state index contributed by atoms with van der Waals surface area (Å²) in [5, 5.41) is 4.18. The van der Waals surface area contributed by atoms with Crippen molar-refractivity contribution < 1.29 is 8.42 Å². The van der Waals surface area contributed by atoms with Gasteiger partial charge in [0.15, 0.2) is 0 Å². The number of aromatic nitrogens is 4. The fourth-order valence-electron chi connectivity index (χ4n) is 3.31. The third-order valence-electron chi connectivity index (χ3n) is 4.76. The lowest BCUT2D eigenvalue weighted by Crippen LogP contribution is -2.14. The normalized spacial score (nSPS) is 11.9. The van der Waals surface area contributed by atoms with Crippen LogP contribution in [0.2, 0.25) is 0 Å². The average Bonchev–Trinajstić information content (AvgIpc) is 3.15. The number of H-pyrrole nitrogens is 1. The summed E-state index contributed by atoms with van der Waals surface area (Å²) in [7, 11) is -1.99. The number of nitrogens with zero attached hydrogens (tertiary/aromatic N) is 3. The summed E-state index contributed by atoms with van der Waals surface area (Å²) in [5.41, 5.74) is 5.47. The molecule has 2 N–H and O–H groups in total. The van der Waals surface area contributed by atoms with Gasteiger partial charge in [-0.2, -0.15) is 5.10 Å². The number of sulfonamides is 1. The molecule has 8 heteroatoms. The number of aryl methyl sites for hydroxylation is 3. The molecule has 0 atom stereocenters. The first-order valence-corrected chi connectivity index (χ1v) is 10.3. The molecule has 28 heavy (non-hydrogen) atoms. The first-order valence-electron chi connectivity index (χ1n) is 8.84. The van der Waals surface area contributed by atoms with Crippen molar-refractivity contribution in [3.05, 3.63) is 59.4 Å². The van der Waals surface area contributed by atoms with Crippen molar-refractivity contribution in [1.29, 1.82) is 0 Å². The van der Waals surface area contributed by atoms with Gasteiger partial charge in [-0.25, -0.2) is 13.4 Å². The molecule has 0 radical (unpaired) electrons. The van der Waals surface area contributed by atoms with Crippen LogP contribution in [-0.4, -0.2) is 28.2 Å². The van der Waals surface area contributed by atoms with Crippen molar-refractivity contribution in [3.8, 4) is 11.4 Å². The lowest BCUT2D eigenvalue weighted by Gasteiger charge is -2.09. The minimum Gasteiger partial charge on any atom is -0.338 e. The van der Waals surface area contributed by atoms with Crippen LogP contribution >= 0.6 is 0 Å². The van der Waals surface area contributed by atoms with Crippen molar-refractivity contribution >= 4 is 26.7 Å². The summed E-state index contributed by atoms with van der Waals surface area (Å²) in [6.07, 6.45) is 0. The average molecular weight is 395 g/mol. The standard InChI is InChI=1S/C20H21N5O2S/c1-12-5-10-17-18(11-12)22-20(21-17)15-6-8-16(9-7-15)24-28(26,27)19-13(2)23-25(4)14(19)3/h5-11,24H,1-4H3,(H,21,22). The van der Waals surface area contributed by atoms with Crippen molar-refractivity contribution in [2.24, 2.45) is 7.05 Å². The van der Waals surface area contributed by atoms with Gasteiger partial charge in [-0.15, -0.1) is 0 Å². The highest BCUT2D eigenvalue weighted by Gasteiger charge is 2.23. The van der Waals surface area contributed by atoms with E-state index in [1.807, 2.05) is 37.3 Å². The summed E-state index contributed by atoms with van der Waals surface area (Å²) in [5.74, 6) is 0.744. The summed E-state index contributed by atoms with van der Waals surface area (Å²) in [4.78, 5) is 8.11. The molecule has 144 valence electrons. The van der Waals surface area contributed by atoms with E-state index in [4.69, 9.17) is 0 Å². The lowest BCUT2D eigenvalue weighted by molar-refractivity contribution is 0.599. The molecule has 4 rings (SSSR count). The maximum Gasteiger partial charge on any atom is 0.265 e. The molecule has 0 saturated heterocycles. The molecule has 0 saturated carbocycles. The Kier molecular flexibility index (Phi) is 4.23. The minimum absolute atomic E-state index is 0.215. The van der Waals surface area contributed by atoms with Gasteiger partial charge in [0, 0.05) is 18.3 Å². The van der Waals surface area contributed by atoms with E-state index in [9.17, 15) is 8.42 Å². The van der Waals surface area contributed by atoms with Gasteiger partial charge in [-0.05, 0) is 62.7 Å². The second kappa shape index (κ2) is 6.49. The quantitative estimate of drug-likeness (QED) is 0.551. The molecule has 4 aromatic rings. The number of anilines is 1. The predicted octanol–water partition coefficient (Wildman–Crippen LogP) is 3.69. The zero-order chi connectivity index (χ0) is 20.1. The number of rotatable bonds is 4.